The summed E-state index contributed by atoms with van der Waals surface area (Å²) >= 11 is 0. The number of fused-ring (bicyclic) bond motifs is 1. The SMILES string of the molecule is CCCNC(=O)N1CCCN(C(=O)c2ccc3c(c2)N(C)C(=O)CO3)CC1. The van der Waals surface area contributed by atoms with E-state index in [0.717, 1.165) is 12.8 Å². The lowest BCUT2D eigenvalue weighted by atomic mass is 10.1. The molecule has 0 aliphatic carbocycles. The quantitative estimate of drug-likeness (QED) is 0.865. The van der Waals surface area contributed by atoms with Crippen molar-refractivity contribution in [2.45, 2.75) is 19.8 Å². The molecule has 0 aromatic heterocycles. The van der Waals surface area contributed by atoms with Crippen molar-refractivity contribution in [2.24, 2.45) is 0 Å². The second kappa shape index (κ2) is 8.28. The minimum atomic E-state index is -0.143. The number of nitrogens with zero attached hydrogens (tertiary/aromatic N) is 3. The first-order chi connectivity index (χ1) is 13.0. The summed E-state index contributed by atoms with van der Waals surface area (Å²) in [6, 6.07) is 5.08. The fourth-order valence-electron chi connectivity index (χ4n) is 3.26. The topological polar surface area (TPSA) is 82.2 Å². The number of hydrogen-bond donors (Lipinski definition) is 1. The molecule has 4 amide bonds. The van der Waals surface area contributed by atoms with Gasteiger partial charge in [-0.15, -0.1) is 0 Å². The smallest absolute Gasteiger partial charge is 0.317 e. The summed E-state index contributed by atoms with van der Waals surface area (Å²) < 4.78 is 5.41. The van der Waals surface area contributed by atoms with Crippen LogP contribution in [0.1, 0.15) is 30.1 Å². The molecule has 1 saturated heterocycles. The van der Waals surface area contributed by atoms with Crippen LogP contribution in [0.25, 0.3) is 0 Å². The number of nitrogens with one attached hydrogen (secondary N) is 1. The Bertz CT molecular complexity index is 736. The van der Waals surface area contributed by atoms with Gasteiger partial charge in [-0.05, 0) is 31.0 Å². The number of ether oxygens (including phenoxy) is 1. The van der Waals surface area contributed by atoms with E-state index in [9.17, 15) is 14.4 Å². The first kappa shape index (κ1) is 19.0. The van der Waals surface area contributed by atoms with Crippen LogP contribution in [0.15, 0.2) is 18.2 Å². The second-order valence-electron chi connectivity index (χ2n) is 6.79. The Labute approximate surface area is 159 Å². The average molecular weight is 374 g/mol. The van der Waals surface area contributed by atoms with Crippen molar-refractivity contribution >= 4 is 23.5 Å². The Morgan fingerprint density at radius 1 is 1.15 bits per heavy atom. The lowest BCUT2D eigenvalue weighted by Gasteiger charge is -2.27. The van der Waals surface area contributed by atoms with Gasteiger partial charge < -0.3 is 24.8 Å². The lowest BCUT2D eigenvalue weighted by Crippen LogP contribution is -2.42. The first-order valence-corrected chi connectivity index (χ1v) is 9.36. The van der Waals surface area contributed by atoms with E-state index in [1.165, 1.54) is 4.90 Å². The highest BCUT2D eigenvalue weighted by Crippen LogP contribution is 2.32. The van der Waals surface area contributed by atoms with Crippen LogP contribution in [0.4, 0.5) is 10.5 Å². The average Bonchev–Trinajstić information content (AvgIpc) is 2.94. The number of hydrogen-bond acceptors (Lipinski definition) is 4. The number of rotatable bonds is 3. The van der Waals surface area contributed by atoms with E-state index in [0.29, 0.717) is 49.7 Å². The standard InChI is InChI=1S/C19H26N4O4/c1-3-7-20-19(26)23-9-4-8-22(10-11-23)18(25)14-5-6-16-15(12-14)21(2)17(24)13-27-16/h5-6,12H,3-4,7-11,13H2,1-2H3,(H,20,26). The maximum absolute atomic E-state index is 12.9. The highest BCUT2D eigenvalue weighted by molar-refractivity contribution is 6.01. The maximum Gasteiger partial charge on any atom is 0.317 e. The van der Waals surface area contributed by atoms with Crippen molar-refractivity contribution in [1.82, 2.24) is 15.1 Å². The Kier molecular flexibility index (Phi) is 5.83. The summed E-state index contributed by atoms with van der Waals surface area (Å²) in [5.74, 6) is 0.360. The van der Waals surface area contributed by atoms with Gasteiger partial charge in [-0.3, -0.25) is 9.59 Å². The Morgan fingerprint density at radius 3 is 2.67 bits per heavy atom. The third-order valence-electron chi connectivity index (χ3n) is 4.89. The molecule has 3 rings (SSSR count). The number of anilines is 1. The molecular weight excluding hydrogens is 348 g/mol. The van der Waals surface area contributed by atoms with Crippen LogP contribution >= 0.6 is 0 Å². The van der Waals surface area contributed by atoms with Gasteiger partial charge in [0.05, 0.1) is 5.69 Å². The maximum atomic E-state index is 12.9. The lowest BCUT2D eigenvalue weighted by molar-refractivity contribution is -0.120. The largest absolute Gasteiger partial charge is 0.482 e. The zero-order chi connectivity index (χ0) is 19.4. The molecule has 1 N–H and O–H groups in total. The molecule has 8 heteroatoms. The van der Waals surface area contributed by atoms with E-state index < -0.39 is 0 Å². The molecule has 1 fully saturated rings. The first-order valence-electron chi connectivity index (χ1n) is 9.36. The van der Waals surface area contributed by atoms with Crippen molar-refractivity contribution < 1.29 is 19.1 Å². The van der Waals surface area contributed by atoms with Gasteiger partial charge in [0.2, 0.25) is 0 Å². The third-order valence-corrected chi connectivity index (χ3v) is 4.89. The zero-order valence-electron chi connectivity index (χ0n) is 15.9. The van der Waals surface area contributed by atoms with Crippen molar-refractivity contribution in [3.8, 4) is 5.75 Å². The molecule has 0 spiro atoms. The number of benzene rings is 1. The number of carbonyl (C=O) groups excluding carboxylic acids is 3. The summed E-state index contributed by atoms with van der Waals surface area (Å²) in [7, 11) is 1.68. The van der Waals surface area contributed by atoms with Crippen molar-refractivity contribution in [1.29, 1.82) is 0 Å². The molecule has 27 heavy (non-hydrogen) atoms. The molecule has 0 unspecified atom stereocenters. The summed E-state index contributed by atoms with van der Waals surface area (Å²) in [6.45, 7) is 4.90. The van der Waals surface area contributed by atoms with Crippen LogP contribution in [-0.2, 0) is 4.79 Å². The molecule has 1 aromatic carbocycles. The number of carbonyl (C=O) groups is 3. The van der Waals surface area contributed by atoms with Gasteiger partial charge in [-0.1, -0.05) is 6.92 Å². The summed E-state index contributed by atoms with van der Waals surface area (Å²) in [6.07, 6.45) is 1.63. The van der Waals surface area contributed by atoms with Gasteiger partial charge in [0.25, 0.3) is 11.8 Å². The molecule has 2 aliphatic rings. The Balaban J connectivity index is 1.68. The normalized spacial score (nSPS) is 17.1. The minimum absolute atomic E-state index is 0.0127. The van der Waals surface area contributed by atoms with Crippen LogP contribution in [0.3, 0.4) is 0 Å². The molecule has 8 nitrogen and oxygen atoms in total. The van der Waals surface area contributed by atoms with Crippen LogP contribution in [-0.4, -0.2) is 74.0 Å². The molecule has 0 bridgehead atoms. The number of urea groups is 1. The number of likely N-dealkylation sites (N-methyl/N-ethyl adjacent to an activating group) is 1. The summed E-state index contributed by atoms with van der Waals surface area (Å²) in [4.78, 5) is 41.9. The summed E-state index contributed by atoms with van der Waals surface area (Å²) in [5.41, 5.74) is 1.12. The van der Waals surface area contributed by atoms with E-state index in [1.54, 1.807) is 35.0 Å². The summed E-state index contributed by atoms with van der Waals surface area (Å²) in [5, 5.41) is 2.88. The fourth-order valence-corrected chi connectivity index (χ4v) is 3.26. The van der Waals surface area contributed by atoms with Gasteiger partial charge in [0.15, 0.2) is 6.61 Å². The third kappa shape index (κ3) is 4.15. The van der Waals surface area contributed by atoms with Crippen LogP contribution in [0.5, 0.6) is 5.75 Å². The minimum Gasteiger partial charge on any atom is -0.482 e. The highest BCUT2D eigenvalue weighted by Gasteiger charge is 2.26. The van der Waals surface area contributed by atoms with Crippen LogP contribution in [0.2, 0.25) is 0 Å². The molecule has 0 saturated carbocycles. The van der Waals surface area contributed by atoms with Crippen LogP contribution in [0, 0.1) is 0 Å². The highest BCUT2D eigenvalue weighted by atomic mass is 16.5. The Hall–Kier alpha value is -2.77. The van der Waals surface area contributed by atoms with E-state index in [2.05, 4.69) is 5.32 Å². The van der Waals surface area contributed by atoms with Gasteiger partial charge in [0, 0.05) is 45.3 Å². The zero-order valence-corrected chi connectivity index (χ0v) is 15.9. The molecule has 1 aromatic rings. The van der Waals surface area contributed by atoms with Crippen molar-refractivity contribution in [3.63, 3.8) is 0 Å². The molecule has 0 atom stereocenters. The van der Waals surface area contributed by atoms with Crippen LogP contribution < -0.4 is 15.0 Å². The second-order valence-corrected chi connectivity index (χ2v) is 6.79. The van der Waals surface area contributed by atoms with E-state index in [4.69, 9.17) is 4.74 Å². The monoisotopic (exact) mass is 374 g/mol. The van der Waals surface area contributed by atoms with Gasteiger partial charge >= 0.3 is 6.03 Å². The number of amides is 4. The predicted octanol–water partition coefficient (Wildman–Crippen LogP) is 1.31. The molecular formula is C19H26N4O4. The molecule has 146 valence electrons. The Morgan fingerprint density at radius 2 is 1.89 bits per heavy atom. The molecule has 0 radical (unpaired) electrons. The molecule has 2 heterocycles. The van der Waals surface area contributed by atoms with E-state index in [1.807, 2.05) is 6.92 Å². The van der Waals surface area contributed by atoms with Gasteiger partial charge in [-0.25, -0.2) is 4.79 Å². The fraction of sp³-hybridized carbons (Fsp3) is 0.526. The van der Waals surface area contributed by atoms with E-state index >= 15 is 0 Å². The van der Waals surface area contributed by atoms with Crippen molar-refractivity contribution in [3.05, 3.63) is 23.8 Å². The molecule has 2 aliphatic heterocycles. The van der Waals surface area contributed by atoms with Gasteiger partial charge in [0.1, 0.15) is 5.75 Å². The van der Waals surface area contributed by atoms with Gasteiger partial charge in [-0.2, -0.15) is 0 Å². The van der Waals surface area contributed by atoms with Crippen molar-refractivity contribution in [2.75, 3.05) is 51.3 Å². The predicted molar refractivity (Wildman–Crippen MR) is 101 cm³/mol. The van der Waals surface area contributed by atoms with E-state index in [-0.39, 0.29) is 24.5 Å².